The first-order chi connectivity index (χ1) is 7.42. The molecule has 1 aliphatic rings. The quantitative estimate of drug-likeness (QED) is 0.725. The minimum atomic E-state index is -0.334. The van der Waals surface area contributed by atoms with E-state index in [1.54, 1.807) is 0 Å². The number of thiocarbonyl (C=S) groups is 1. The molecule has 4 heteroatoms. The summed E-state index contributed by atoms with van der Waals surface area (Å²) in [6, 6.07) is 0. The van der Waals surface area contributed by atoms with Gasteiger partial charge in [-0.3, -0.25) is 4.79 Å². The number of amides is 1. The van der Waals surface area contributed by atoms with E-state index in [1.165, 1.54) is 6.42 Å². The molecule has 1 saturated carbocycles. The van der Waals surface area contributed by atoms with Crippen LogP contribution in [0.25, 0.3) is 0 Å². The second-order valence-electron chi connectivity index (χ2n) is 5.10. The number of carbonyl (C=O) groups excluding carboxylic acids is 1. The van der Waals surface area contributed by atoms with Gasteiger partial charge in [-0.1, -0.05) is 33.0 Å². The fourth-order valence-corrected chi connectivity index (χ4v) is 2.65. The molecule has 0 saturated heterocycles. The van der Waals surface area contributed by atoms with Gasteiger partial charge >= 0.3 is 0 Å². The Hall–Kier alpha value is -0.640. The molecule has 0 radical (unpaired) electrons. The molecule has 1 aliphatic carbocycles. The van der Waals surface area contributed by atoms with E-state index < -0.39 is 0 Å². The van der Waals surface area contributed by atoms with Gasteiger partial charge in [0.05, 0.1) is 10.9 Å². The maximum atomic E-state index is 12.1. The standard InChI is InChI=1S/C12H22N2OS/c1-4-12(6-5-7-12)14-11(15)9(8(2)3)10(13)16/h8-9H,4-7H2,1-3H3,(H2,13,16)(H,14,15). The Morgan fingerprint density at radius 3 is 2.31 bits per heavy atom. The average molecular weight is 242 g/mol. The monoisotopic (exact) mass is 242 g/mol. The van der Waals surface area contributed by atoms with Gasteiger partial charge in [0.15, 0.2) is 0 Å². The van der Waals surface area contributed by atoms with Crippen molar-refractivity contribution in [2.24, 2.45) is 17.6 Å². The van der Waals surface area contributed by atoms with Crippen LogP contribution in [0.1, 0.15) is 46.5 Å². The summed E-state index contributed by atoms with van der Waals surface area (Å²) >= 11 is 4.97. The summed E-state index contributed by atoms with van der Waals surface area (Å²) in [6.07, 6.45) is 4.35. The number of nitrogens with one attached hydrogen (secondary N) is 1. The third kappa shape index (κ3) is 2.73. The lowest BCUT2D eigenvalue weighted by Crippen LogP contribution is -2.56. The van der Waals surface area contributed by atoms with Crippen LogP contribution in [-0.2, 0) is 4.79 Å². The van der Waals surface area contributed by atoms with Crippen molar-refractivity contribution in [1.29, 1.82) is 0 Å². The highest BCUT2D eigenvalue weighted by molar-refractivity contribution is 7.80. The first-order valence-corrected chi connectivity index (χ1v) is 6.44. The number of nitrogens with two attached hydrogens (primary N) is 1. The highest BCUT2D eigenvalue weighted by atomic mass is 32.1. The van der Waals surface area contributed by atoms with Crippen LogP contribution in [-0.4, -0.2) is 16.4 Å². The zero-order valence-corrected chi connectivity index (χ0v) is 11.2. The first kappa shape index (κ1) is 13.4. The molecule has 1 amide bonds. The molecule has 0 heterocycles. The van der Waals surface area contributed by atoms with Crippen molar-refractivity contribution in [3.63, 3.8) is 0 Å². The summed E-state index contributed by atoms with van der Waals surface area (Å²) in [4.78, 5) is 12.4. The smallest absolute Gasteiger partial charge is 0.230 e. The zero-order valence-electron chi connectivity index (χ0n) is 10.4. The van der Waals surface area contributed by atoms with Crippen molar-refractivity contribution in [2.75, 3.05) is 0 Å². The van der Waals surface area contributed by atoms with Gasteiger partial charge in [-0.15, -0.1) is 0 Å². The number of hydrogen-bond donors (Lipinski definition) is 2. The summed E-state index contributed by atoms with van der Waals surface area (Å²) in [7, 11) is 0. The Kier molecular flexibility index (Phi) is 4.30. The van der Waals surface area contributed by atoms with E-state index in [1.807, 2.05) is 13.8 Å². The molecule has 0 aromatic rings. The van der Waals surface area contributed by atoms with Crippen LogP contribution in [0.4, 0.5) is 0 Å². The van der Waals surface area contributed by atoms with Crippen LogP contribution in [0.5, 0.6) is 0 Å². The van der Waals surface area contributed by atoms with E-state index in [0.717, 1.165) is 19.3 Å². The van der Waals surface area contributed by atoms with Crippen LogP contribution in [0.3, 0.4) is 0 Å². The number of hydrogen-bond acceptors (Lipinski definition) is 2. The molecule has 0 aromatic carbocycles. The summed E-state index contributed by atoms with van der Waals surface area (Å²) in [5, 5.41) is 3.14. The molecular formula is C12H22N2OS. The molecule has 16 heavy (non-hydrogen) atoms. The van der Waals surface area contributed by atoms with Crippen molar-refractivity contribution in [2.45, 2.75) is 52.0 Å². The molecule has 0 aliphatic heterocycles. The normalized spacial score (nSPS) is 20.0. The van der Waals surface area contributed by atoms with Crippen LogP contribution < -0.4 is 11.1 Å². The summed E-state index contributed by atoms with van der Waals surface area (Å²) in [6.45, 7) is 6.07. The van der Waals surface area contributed by atoms with Gasteiger partial charge in [0.25, 0.3) is 0 Å². The van der Waals surface area contributed by atoms with E-state index in [0.29, 0.717) is 4.99 Å². The second-order valence-corrected chi connectivity index (χ2v) is 5.57. The SMILES string of the molecule is CCC1(NC(=O)C(C(N)=S)C(C)C)CCC1. The third-order valence-corrected chi connectivity index (χ3v) is 3.89. The van der Waals surface area contributed by atoms with Crippen LogP contribution in [0.15, 0.2) is 0 Å². The van der Waals surface area contributed by atoms with E-state index in [2.05, 4.69) is 12.2 Å². The fourth-order valence-electron chi connectivity index (χ4n) is 2.27. The van der Waals surface area contributed by atoms with Crippen LogP contribution in [0, 0.1) is 11.8 Å². The first-order valence-electron chi connectivity index (χ1n) is 6.03. The third-order valence-electron chi connectivity index (χ3n) is 3.63. The predicted octanol–water partition coefficient (Wildman–Crippen LogP) is 1.99. The van der Waals surface area contributed by atoms with Crippen LogP contribution >= 0.6 is 12.2 Å². The Bertz CT molecular complexity index is 279. The minimum absolute atomic E-state index is 0.00375. The highest BCUT2D eigenvalue weighted by Crippen LogP contribution is 2.35. The molecular weight excluding hydrogens is 220 g/mol. The molecule has 3 N–H and O–H groups in total. The Morgan fingerprint density at radius 2 is 2.06 bits per heavy atom. The molecule has 1 unspecified atom stereocenters. The second kappa shape index (κ2) is 5.13. The van der Waals surface area contributed by atoms with Gasteiger partial charge in [-0.25, -0.2) is 0 Å². The molecule has 1 fully saturated rings. The molecule has 1 rings (SSSR count). The molecule has 0 spiro atoms. The molecule has 92 valence electrons. The number of rotatable bonds is 5. The van der Waals surface area contributed by atoms with Crippen LogP contribution in [0.2, 0.25) is 0 Å². The lowest BCUT2D eigenvalue weighted by Gasteiger charge is -2.43. The molecule has 1 atom stereocenters. The molecule has 0 bridgehead atoms. The minimum Gasteiger partial charge on any atom is -0.393 e. The Morgan fingerprint density at radius 1 is 1.50 bits per heavy atom. The maximum Gasteiger partial charge on any atom is 0.230 e. The van der Waals surface area contributed by atoms with Gasteiger partial charge in [0.1, 0.15) is 0 Å². The van der Waals surface area contributed by atoms with Gasteiger partial charge < -0.3 is 11.1 Å². The maximum absolute atomic E-state index is 12.1. The topological polar surface area (TPSA) is 55.1 Å². The lowest BCUT2D eigenvalue weighted by molar-refractivity contribution is -0.127. The predicted molar refractivity (Wildman–Crippen MR) is 70.1 cm³/mol. The summed E-state index contributed by atoms with van der Waals surface area (Å²) in [5.41, 5.74) is 5.65. The van der Waals surface area contributed by atoms with Crippen molar-refractivity contribution in [1.82, 2.24) is 5.32 Å². The Balaban J connectivity index is 2.65. The van der Waals surface area contributed by atoms with Gasteiger partial charge in [-0.2, -0.15) is 0 Å². The van der Waals surface area contributed by atoms with Crippen molar-refractivity contribution < 1.29 is 4.79 Å². The average Bonchev–Trinajstić information content (AvgIpc) is 2.10. The lowest BCUT2D eigenvalue weighted by atomic mass is 9.74. The van der Waals surface area contributed by atoms with Crippen molar-refractivity contribution in [3.05, 3.63) is 0 Å². The van der Waals surface area contributed by atoms with Gasteiger partial charge in [0.2, 0.25) is 5.91 Å². The van der Waals surface area contributed by atoms with Crippen molar-refractivity contribution in [3.8, 4) is 0 Å². The molecule has 0 aromatic heterocycles. The molecule has 3 nitrogen and oxygen atoms in total. The largest absolute Gasteiger partial charge is 0.393 e. The summed E-state index contributed by atoms with van der Waals surface area (Å²) in [5.74, 6) is -0.172. The number of carbonyl (C=O) groups is 1. The Labute approximate surface area is 103 Å². The van der Waals surface area contributed by atoms with E-state index in [4.69, 9.17) is 18.0 Å². The van der Waals surface area contributed by atoms with E-state index in [9.17, 15) is 4.79 Å². The fraction of sp³-hybridized carbons (Fsp3) is 0.833. The zero-order chi connectivity index (χ0) is 12.3. The summed E-state index contributed by atoms with van der Waals surface area (Å²) < 4.78 is 0. The van der Waals surface area contributed by atoms with Crippen molar-refractivity contribution >= 4 is 23.1 Å². The van der Waals surface area contributed by atoms with E-state index >= 15 is 0 Å². The highest BCUT2D eigenvalue weighted by Gasteiger charge is 2.38. The van der Waals surface area contributed by atoms with Gasteiger partial charge in [0, 0.05) is 5.54 Å². The van der Waals surface area contributed by atoms with E-state index in [-0.39, 0.29) is 23.3 Å². The van der Waals surface area contributed by atoms with Gasteiger partial charge in [-0.05, 0) is 31.6 Å².